The molecular formula is C17H22N4O2S. The van der Waals surface area contributed by atoms with Crippen LogP contribution in [0.2, 0.25) is 0 Å². The molecule has 3 heterocycles. The third kappa shape index (κ3) is 4.59. The van der Waals surface area contributed by atoms with Gasteiger partial charge in [-0.25, -0.2) is 4.98 Å². The van der Waals surface area contributed by atoms with E-state index in [0.717, 1.165) is 43.5 Å². The number of aromatic nitrogens is 2. The lowest BCUT2D eigenvalue weighted by Gasteiger charge is -2.29. The van der Waals surface area contributed by atoms with E-state index in [1.54, 1.807) is 12.4 Å². The second-order valence-electron chi connectivity index (χ2n) is 5.97. The van der Waals surface area contributed by atoms with Crippen LogP contribution in [-0.2, 0) is 4.74 Å². The van der Waals surface area contributed by atoms with Crippen LogP contribution in [-0.4, -0.2) is 60.2 Å². The SMILES string of the molecule is C[C@H](CNC(=O)c1cnc(-c2ccccn2)s1)CN1CCOCC1. The molecule has 1 aliphatic heterocycles. The van der Waals surface area contributed by atoms with Gasteiger partial charge in [0.05, 0.1) is 25.1 Å². The number of ether oxygens (including phenoxy) is 1. The molecule has 128 valence electrons. The predicted octanol–water partition coefficient (Wildman–Crippen LogP) is 1.90. The Morgan fingerprint density at radius 1 is 1.38 bits per heavy atom. The van der Waals surface area contributed by atoms with Crippen molar-refractivity contribution >= 4 is 17.2 Å². The van der Waals surface area contributed by atoms with Gasteiger partial charge in [0, 0.05) is 32.4 Å². The van der Waals surface area contributed by atoms with Crippen molar-refractivity contribution in [3.63, 3.8) is 0 Å². The maximum atomic E-state index is 12.3. The lowest BCUT2D eigenvalue weighted by atomic mass is 10.1. The summed E-state index contributed by atoms with van der Waals surface area (Å²) in [4.78, 5) is 23.9. The van der Waals surface area contributed by atoms with E-state index in [-0.39, 0.29) is 5.91 Å². The van der Waals surface area contributed by atoms with Crippen molar-refractivity contribution in [1.82, 2.24) is 20.2 Å². The normalized spacial score (nSPS) is 16.7. The summed E-state index contributed by atoms with van der Waals surface area (Å²) in [7, 11) is 0. The van der Waals surface area contributed by atoms with Crippen LogP contribution in [0.3, 0.4) is 0 Å². The van der Waals surface area contributed by atoms with Gasteiger partial charge in [0.25, 0.3) is 5.91 Å². The van der Waals surface area contributed by atoms with E-state index in [2.05, 4.69) is 27.1 Å². The zero-order valence-corrected chi connectivity index (χ0v) is 14.6. The Morgan fingerprint density at radius 3 is 2.96 bits per heavy atom. The molecule has 2 aromatic heterocycles. The first kappa shape index (κ1) is 17.0. The Bertz CT molecular complexity index is 656. The maximum Gasteiger partial charge on any atom is 0.263 e. The van der Waals surface area contributed by atoms with Crippen LogP contribution in [0, 0.1) is 5.92 Å². The van der Waals surface area contributed by atoms with Gasteiger partial charge in [-0.3, -0.25) is 14.7 Å². The number of nitrogens with one attached hydrogen (secondary N) is 1. The maximum absolute atomic E-state index is 12.3. The lowest BCUT2D eigenvalue weighted by molar-refractivity contribution is 0.0317. The third-order valence-corrected chi connectivity index (χ3v) is 4.92. The van der Waals surface area contributed by atoms with E-state index in [4.69, 9.17) is 4.74 Å². The number of rotatable bonds is 6. The fraction of sp³-hybridized carbons (Fsp3) is 0.471. The van der Waals surface area contributed by atoms with Crippen LogP contribution >= 0.6 is 11.3 Å². The van der Waals surface area contributed by atoms with Crippen molar-refractivity contribution in [3.8, 4) is 10.7 Å². The van der Waals surface area contributed by atoms with E-state index in [9.17, 15) is 4.79 Å². The van der Waals surface area contributed by atoms with Crippen molar-refractivity contribution in [3.05, 3.63) is 35.5 Å². The second kappa shape index (κ2) is 8.32. The highest BCUT2D eigenvalue weighted by Gasteiger charge is 2.16. The molecule has 3 rings (SSSR count). The van der Waals surface area contributed by atoms with Crippen LogP contribution < -0.4 is 5.32 Å². The molecule has 0 spiro atoms. The summed E-state index contributed by atoms with van der Waals surface area (Å²) >= 11 is 1.37. The Morgan fingerprint density at radius 2 is 2.21 bits per heavy atom. The summed E-state index contributed by atoms with van der Waals surface area (Å²) in [6.45, 7) is 7.34. The zero-order chi connectivity index (χ0) is 16.8. The first-order chi connectivity index (χ1) is 11.7. The number of carbonyl (C=O) groups is 1. The molecule has 0 radical (unpaired) electrons. The fourth-order valence-corrected chi connectivity index (χ4v) is 3.44. The van der Waals surface area contributed by atoms with Crippen molar-refractivity contribution < 1.29 is 9.53 Å². The quantitative estimate of drug-likeness (QED) is 0.865. The van der Waals surface area contributed by atoms with Crippen LogP contribution in [0.15, 0.2) is 30.6 Å². The number of carbonyl (C=O) groups excluding carboxylic acids is 1. The molecule has 24 heavy (non-hydrogen) atoms. The Labute approximate surface area is 145 Å². The fourth-order valence-electron chi connectivity index (χ4n) is 2.63. The van der Waals surface area contributed by atoms with Gasteiger partial charge in [0.15, 0.2) is 0 Å². The minimum Gasteiger partial charge on any atom is -0.379 e. The summed E-state index contributed by atoms with van der Waals surface area (Å²) in [6, 6.07) is 5.67. The number of hydrogen-bond acceptors (Lipinski definition) is 6. The number of pyridine rings is 1. The molecule has 1 saturated heterocycles. The van der Waals surface area contributed by atoms with Gasteiger partial charge < -0.3 is 10.1 Å². The molecule has 1 atom stereocenters. The molecule has 0 bridgehead atoms. The molecule has 1 N–H and O–H groups in total. The second-order valence-corrected chi connectivity index (χ2v) is 7.00. The summed E-state index contributed by atoms with van der Waals surface area (Å²) in [6.07, 6.45) is 3.35. The van der Waals surface area contributed by atoms with Crippen molar-refractivity contribution in [2.24, 2.45) is 5.92 Å². The molecule has 6 nitrogen and oxygen atoms in total. The lowest BCUT2D eigenvalue weighted by Crippen LogP contribution is -2.41. The molecule has 1 aliphatic rings. The van der Waals surface area contributed by atoms with Gasteiger partial charge in [-0.2, -0.15) is 0 Å². The van der Waals surface area contributed by atoms with E-state index >= 15 is 0 Å². The summed E-state index contributed by atoms with van der Waals surface area (Å²) in [5.74, 6) is 0.332. The number of amides is 1. The molecule has 1 amide bonds. The predicted molar refractivity (Wildman–Crippen MR) is 94.1 cm³/mol. The number of morpholine rings is 1. The largest absolute Gasteiger partial charge is 0.379 e. The minimum absolute atomic E-state index is 0.0662. The van der Waals surface area contributed by atoms with Crippen LogP contribution in [0.25, 0.3) is 10.7 Å². The van der Waals surface area contributed by atoms with Gasteiger partial charge in [0.1, 0.15) is 9.88 Å². The monoisotopic (exact) mass is 346 g/mol. The third-order valence-electron chi connectivity index (χ3n) is 3.90. The zero-order valence-electron chi connectivity index (χ0n) is 13.8. The van der Waals surface area contributed by atoms with E-state index in [0.29, 0.717) is 17.3 Å². The molecular weight excluding hydrogens is 324 g/mol. The van der Waals surface area contributed by atoms with E-state index in [1.165, 1.54) is 11.3 Å². The minimum atomic E-state index is -0.0662. The van der Waals surface area contributed by atoms with Crippen LogP contribution in [0.4, 0.5) is 0 Å². The van der Waals surface area contributed by atoms with Crippen molar-refractivity contribution in [1.29, 1.82) is 0 Å². The van der Waals surface area contributed by atoms with E-state index in [1.807, 2.05) is 18.2 Å². The molecule has 2 aromatic rings. The van der Waals surface area contributed by atoms with E-state index < -0.39 is 0 Å². The Balaban J connectivity index is 1.49. The highest BCUT2D eigenvalue weighted by atomic mass is 32.1. The first-order valence-corrected chi connectivity index (χ1v) is 8.99. The van der Waals surface area contributed by atoms with Crippen molar-refractivity contribution in [2.45, 2.75) is 6.92 Å². The molecule has 0 aromatic carbocycles. The van der Waals surface area contributed by atoms with Gasteiger partial charge >= 0.3 is 0 Å². The summed E-state index contributed by atoms with van der Waals surface area (Å²) < 4.78 is 5.35. The average molecular weight is 346 g/mol. The summed E-state index contributed by atoms with van der Waals surface area (Å²) in [5, 5.41) is 3.77. The van der Waals surface area contributed by atoms with Crippen molar-refractivity contribution in [2.75, 3.05) is 39.4 Å². The highest BCUT2D eigenvalue weighted by molar-refractivity contribution is 7.16. The Kier molecular flexibility index (Phi) is 5.90. The molecule has 0 aliphatic carbocycles. The van der Waals surface area contributed by atoms with Crippen LogP contribution in [0.1, 0.15) is 16.6 Å². The number of hydrogen-bond donors (Lipinski definition) is 1. The topological polar surface area (TPSA) is 67.4 Å². The van der Waals surface area contributed by atoms with Gasteiger partial charge in [-0.15, -0.1) is 11.3 Å². The Hall–Kier alpha value is -1.83. The molecule has 1 fully saturated rings. The van der Waals surface area contributed by atoms with Crippen LogP contribution in [0.5, 0.6) is 0 Å². The number of thiazole rings is 1. The molecule has 0 unspecified atom stereocenters. The highest BCUT2D eigenvalue weighted by Crippen LogP contribution is 2.22. The average Bonchev–Trinajstić information content (AvgIpc) is 3.11. The van der Waals surface area contributed by atoms with Gasteiger partial charge in [-0.1, -0.05) is 13.0 Å². The molecule has 7 heteroatoms. The molecule has 0 saturated carbocycles. The first-order valence-electron chi connectivity index (χ1n) is 8.18. The van der Waals surface area contributed by atoms with Gasteiger partial charge in [-0.05, 0) is 18.1 Å². The number of nitrogens with zero attached hydrogens (tertiary/aromatic N) is 3. The standard InChI is InChI=1S/C17H22N4O2S/c1-13(12-21-6-8-23-9-7-21)10-19-16(22)15-11-20-17(24-15)14-4-2-3-5-18-14/h2-5,11,13H,6-10,12H2,1H3,(H,19,22)/t13-/m1/s1. The van der Waals surface area contributed by atoms with Gasteiger partial charge in [0.2, 0.25) is 0 Å². The summed E-state index contributed by atoms with van der Waals surface area (Å²) in [5.41, 5.74) is 0.794. The smallest absolute Gasteiger partial charge is 0.263 e.